The lowest BCUT2D eigenvalue weighted by Crippen LogP contribution is -1.93. The minimum atomic E-state index is -2.72. The maximum atomic E-state index is 9.88. The summed E-state index contributed by atoms with van der Waals surface area (Å²) in [6.07, 6.45) is 0.660. The van der Waals surface area contributed by atoms with E-state index in [0.717, 1.165) is 0 Å². The molecule has 0 aromatic heterocycles. The first-order valence-corrected chi connectivity index (χ1v) is 3.88. The van der Waals surface area contributed by atoms with E-state index in [0.29, 0.717) is 19.6 Å². The second-order valence-electron chi connectivity index (χ2n) is 1.46. The van der Waals surface area contributed by atoms with Crippen molar-refractivity contribution in [1.29, 1.82) is 0 Å². The summed E-state index contributed by atoms with van der Waals surface area (Å²) in [5.41, 5.74) is 0. The molecule has 0 fully saturated rings. The van der Waals surface area contributed by atoms with Crippen LogP contribution < -0.4 is 0 Å². The lowest BCUT2D eigenvalue weighted by Gasteiger charge is -1.97. The van der Waals surface area contributed by atoms with Crippen molar-refractivity contribution < 1.29 is 18.7 Å². The van der Waals surface area contributed by atoms with Gasteiger partial charge in [0.25, 0.3) is 0 Å². The van der Waals surface area contributed by atoms with E-state index in [1.165, 1.54) is 0 Å². The van der Waals surface area contributed by atoms with E-state index >= 15 is 0 Å². The highest BCUT2D eigenvalue weighted by Crippen LogP contribution is 2.13. The maximum Gasteiger partial charge on any atom is 0.316 e. The van der Waals surface area contributed by atoms with Crippen molar-refractivity contribution in [2.45, 2.75) is 6.42 Å². The van der Waals surface area contributed by atoms with Gasteiger partial charge in [0.1, 0.15) is 0 Å². The van der Waals surface area contributed by atoms with Gasteiger partial charge in [0.2, 0.25) is 0 Å². The molecule has 0 rings (SSSR count). The smallest absolute Gasteiger partial charge is 0.316 e. The lowest BCUT2D eigenvalue weighted by molar-refractivity contribution is 0.170. The molecule has 56 valence electrons. The Morgan fingerprint density at radius 3 is 2.67 bits per heavy atom. The molecule has 0 amide bonds. The summed E-state index contributed by atoms with van der Waals surface area (Å²) in [6, 6.07) is 0. The molecule has 0 spiro atoms. The summed E-state index contributed by atoms with van der Waals surface area (Å²) in [7, 11) is -1.15. The average Bonchev–Trinajstić information content (AvgIpc) is 1.80. The normalized spacial score (nSPS) is 13.6. The highest BCUT2D eigenvalue weighted by atomic mass is 31.1. The van der Waals surface area contributed by atoms with Gasteiger partial charge in [-0.1, -0.05) is 0 Å². The largest absolute Gasteiger partial charge is 0.385 e. The number of hydrogen-bond donors (Lipinski definition) is 1. The van der Waals surface area contributed by atoms with Crippen LogP contribution in [0.4, 0.5) is 0 Å². The highest BCUT2D eigenvalue weighted by Gasteiger charge is 1.89. The SMILES string of the molecule is COCCCO[PH](=O)O. The second kappa shape index (κ2) is 6.23. The molecule has 0 aliphatic rings. The lowest BCUT2D eigenvalue weighted by atomic mass is 10.5. The Bertz CT molecular complexity index is 84.6. The van der Waals surface area contributed by atoms with Crippen molar-refractivity contribution in [3.63, 3.8) is 0 Å². The monoisotopic (exact) mass is 154 g/mol. The van der Waals surface area contributed by atoms with Crippen LogP contribution in [0.15, 0.2) is 0 Å². The third-order valence-corrected chi connectivity index (χ3v) is 1.17. The zero-order valence-corrected chi connectivity index (χ0v) is 6.29. The van der Waals surface area contributed by atoms with E-state index in [2.05, 4.69) is 9.26 Å². The number of hydrogen-bond acceptors (Lipinski definition) is 3. The molecule has 0 aromatic carbocycles. The van der Waals surface area contributed by atoms with Crippen LogP contribution in [-0.4, -0.2) is 25.2 Å². The van der Waals surface area contributed by atoms with Crippen LogP contribution in [0.3, 0.4) is 0 Å². The zero-order valence-electron chi connectivity index (χ0n) is 5.29. The molecule has 0 aliphatic carbocycles. The van der Waals surface area contributed by atoms with Gasteiger partial charge in [0, 0.05) is 13.7 Å². The maximum absolute atomic E-state index is 9.88. The predicted molar refractivity (Wildman–Crippen MR) is 33.7 cm³/mol. The number of ether oxygens (including phenoxy) is 1. The average molecular weight is 154 g/mol. The summed E-state index contributed by atoms with van der Waals surface area (Å²) < 4.78 is 18.9. The second-order valence-corrected chi connectivity index (χ2v) is 2.28. The van der Waals surface area contributed by atoms with Gasteiger partial charge >= 0.3 is 8.25 Å². The Balaban J connectivity index is 2.83. The molecule has 9 heavy (non-hydrogen) atoms. The molecular weight excluding hydrogens is 143 g/mol. The summed E-state index contributed by atoms with van der Waals surface area (Å²) in [4.78, 5) is 8.13. The Morgan fingerprint density at radius 2 is 2.22 bits per heavy atom. The summed E-state index contributed by atoms with van der Waals surface area (Å²) in [5, 5.41) is 0. The third kappa shape index (κ3) is 8.11. The highest BCUT2D eigenvalue weighted by molar-refractivity contribution is 7.32. The molecule has 1 atom stereocenters. The third-order valence-electron chi connectivity index (χ3n) is 0.718. The van der Waals surface area contributed by atoms with Gasteiger partial charge in [-0.3, -0.25) is 4.57 Å². The molecule has 0 heterocycles. The van der Waals surface area contributed by atoms with Gasteiger partial charge in [0.05, 0.1) is 6.61 Å². The van der Waals surface area contributed by atoms with Crippen molar-refractivity contribution in [3.05, 3.63) is 0 Å². The molecule has 1 N–H and O–H groups in total. The van der Waals surface area contributed by atoms with Gasteiger partial charge in [-0.05, 0) is 6.42 Å². The molecule has 0 bridgehead atoms. The van der Waals surface area contributed by atoms with E-state index in [1.54, 1.807) is 7.11 Å². The number of rotatable bonds is 5. The van der Waals surface area contributed by atoms with Crippen molar-refractivity contribution in [2.75, 3.05) is 20.3 Å². The fourth-order valence-corrected chi connectivity index (χ4v) is 0.682. The van der Waals surface area contributed by atoms with Crippen LogP contribution in [-0.2, 0) is 13.8 Å². The van der Waals surface area contributed by atoms with Crippen molar-refractivity contribution >= 4 is 8.25 Å². The standard InChI is InChI=1S/C4H11O4P/c1-7-3-2-4-8-9(5)6/h9H,2-4H2,1H3,(H,5,6). The minimum Gasteiger partial charge on any atom is -0.385 e. The van der Waals surface area contributed by atoms with Gasteiger partial charge < -0.3 is 14.2 Å². The van der Waals surface area contributed by atoms with Crippen molar-refractivity contribution in [1.82, 2.24) is 0 Å². The molecule has 0 saturated heterocycles. The molecule has 1 unspecified atom stereocenters. The van der Waals surface area contributed by atoms with Crippen LogP contribution in [0.1, 0.15) is 6.42 Å². The van der Waals surface area contributed by atoms with Crippen LogP contribution >= 0.6 is 8.25 Å². The van der Waals surface area contributed by atoms with Crippen LogP contribution in [0.25, 0.3) is 0 Å². The van der Waals surface area contributed by atoms with Crippen molar-refractivity contribution in [3.8, 4) is 0 Å². The Hall–Kier alpha value is 0.110. The first-order chi connectivity index (χ1) is 4.27. The molecular formula is C4H11O4P. The van der Waals surface area contributed by atoms with Crippen LogP contribution in [0, 0.1) is 0 Å². The van der Waals surface area contributed by atoms with Gasteiger partial charge in [-0.25, -0.2) is 0 Å². The van der Waals surface area contributed by atoms with E-state index in [4.69, 9.17) is 4.89 Å². The molecule has 0 radical (unpaired) electrons. The summed E-state index contributed by atoms with van der Waals surface area (Å²) in [5.74, 6) is 0. The van der Waals surface area contributed by atoms with Gasteiger partial charge in [-0.15, -0.1) is 0 Å². The zero-order chi connectivity index (χ0) is 7.11. The van der Waals surface area contributed by atoms with Crippen molar-refractivity contribution in [2.24, 2.45) is 0 Å². The first-order valence-electron chi connectivity index (χ1n) is 2.62. The summed E-state index contributed by atoms with van der Waals surface area (Å²) >= 11 is 0. The molecule has 4 nitrogen and oxygen atoms in total. The molecule has 5 heteroatoms. The Labute approximate surface area is 54.7 Å². The van der Waals surface area contributed by atoms with Gasteiger partial charge in [-0.2, -0.15) is 0 Å². The van der Waals surface area contributed by atoms with Crippen LogP contribution in [0.2, 0.25) is 0 Å². The fourth-order valence-electron chi connectivity index (χ4n) is 0.363. The summed E-state index contributed by atoms with van der Waals surface area (Å²) in [6.45, 7) is 0.858. The van der Waals surface area contributed by atoms with E-state index < -0.39 is 8.25 Å². The predicted octanol–water partition coefficient (Wildman–Crippen LogP) is 0.422. The topological polar surface area (TPSA) is 55.8 Å². The van der Waals surface area contributed by atoms with Crippen LogP contribution in [0.5, 0.6) is 0 Å². The van der Waals surface area contributed by atoms with Gasteiger partial charge in [0.15, 0.2) is 0 Å². The first kappa shape index (κ1) is 9.11. The molecule has 0 aliphatic heterocycles. The fraction of sp³-hybridized carbons (Fsp3) is 1.00. The quantitative estimate of drug-likeness (QED) is 0.460. The van der Waals surface area contributed by atoms with E-state index in [9.17, 15) is 4.57 Å². The Morgan fingerprint density at radius 1 is 1.56 bits per heavy atom. The Kier molecular flexibility index (Phi) is 6.31. The molecule has 0 saturated carbocycles. The minimum absolute atomic E-state index is 0.294. The number of methoxy groups -OCH3 is 1. The molecule has 0 aromatic rings. The van der Waals surface area contributed by atoms with E-state index in [-0.39, 0.29) is 0 Å². The van der Waals surface area contributed by atoms with E-state index in [1.807, 2.05) is 0 Å².